The second-order valence-corrected chi connectivity index (χ2v) is 6.69. The van der Waals surface area contributed by atoms with E-state index in [1.807, 2.05) is 13.0 Å². The van der Waals surface area contributed by atoms with Crippen LogP contribution in [0.3, 0.4) is 0 Å². The van der Waals surface area contributed by atoms with Crippen LogP contribution in [-0.4, -0.2) is 66.4 Å². The minimum atomic E-state index is -0.155. The van der Waals surface area contributed by atoms with Crippen molar-refractivity contribution in [3.63, 3.8) is 0 Å². The first kappa shape index (κ1) is 16.6. The van der Waals surface area contributed by atoms with Crippen LogP contribution in [0.5, 0.6) is 11.5 Å². The fraction of sp³-hybridized carbons (Fsp3) is 0.667. The van der Waals surface area contributed by atoms with Crippen LogP contribution in [0.1, 0.15) is 25.8 Å². The maximum absolute atomic E-state index is 9.88. The number of ether oxygens (including phenoxy) is 2. The van der Waals surface area contributed by atoms with Crippen molar-refractivity contribution < 1.29 is 14.6 Å². The number of rotatable bonds is 5. The van der Waals surface area contributed by atoms with Crippen LogP contribution >= 0.6 is 0 Å². The maximum atomic E-state index is 9.88. The van der Waals surface area contributed by atoms with Crippen molar-refractivity contribution in [3.05, 3.63) is 23.8 Å². The third-order valence-corrected chi connectivity index (χ3v) is 4.99. The van der Waals surface area contributed by atoms with Gasteiger partial charge in [-0.05, 0) is 38.0 Å². The highest BCUT2D eigenvalue weighted by molar-refractivity contribution is 5.43. The number of aliphatic hydroxyl groups is 1. The number of hydrogen-bond acceptors (Lipinski definition) is 5. The van der Waals surface area contributed by atoms with Crippen LogP contribution in [0.2, 0.25) is 0 Å². The molecule has 0 aliphatic carbocycles. The van der Waals surface area contributed by atoms with Crippen LogP contribution in [-0.2, 0) is 6.54 Å². The highest BCUT2D eigenvalue weighted by Crippen LogP contribution is 2.30. The summed E-state index contributed by atoms with van der Waals surface area (Å²) in [6.45, 7) is 8.68. The van der Waals surface area contributed by atoms with Crippen LogP contribution in [0.25, 0.3) is 0 Å². The molecule has 5 heteroatoms. The Bertz CT molecular complexity index is 537. The summed E-state index contributed by atoms with van der Waals surface area (Å²) in [7, 11) is 1.68. The Morgan fingerprint density at radius 1 is 1.22 bits per heavy atom. The molecule has 1 aromatic carbocycles. The molecule has 0 spiro atoms. The normalized spacial score (nSPS) is 28.6. The van der Waals surface area contributed by atoms with Gasteiger partial charge in [0, 0.05) is 38.3 Å². The van der Waals surface area contributed by atoms with Gasteiger partial charge in [0.2, 0.25) is 0 Å². The number of fused-ring (bicyclic) bond motifs is 1. The van der Waals surface area contributed by atoms with Gasteiger partial charge in [-0.1, -0.05) is 6.07 Å². The Labute approximate surface area is 138 Å². The van der Waals surface area contributed by atoms with Crippen LogP contribution in [0, 0.1) is 0 Å². The topological polar surface area (TPSA) is 45.2 Å². The number of aliphatic hydroxyl groups excluding tert-OH is 1. The molecule has 2 aliphatic heterocycles. The first-order valence-corrected chi connectivity index (χ1v) is 8.56. The van der Waals surface area contributed by atoms with Crippen molar-refractivity contribution in [2.45, 2.75) is 45.0 Å². The molecule has 2 heterocycles. The molecule has 2 saturated heterocycles. The van der Waals surface area contributed by atoms with E-state index in [1.165, 1.54) is 5.56 Å². The number of benzene rings is 1. The molecule has 0 bridgehead atoms. The summed E-state index contributed by atoms with van der Waals surface area (Å²) in [5.74, 6) is 1.60. The van der Waals surface area contributed by atoms with Gasteiger partial charge in [0.1, 0.15) is 0 Å². The van der Waals surface area contributed by atoms with Crippen LogP contribution in [0.15, 0.2) is 18.2 Å². The fourth-order valence-corrected chi connectivity index (χ4v) is 3.82. The number of methoxy groups -OCH3 is 1. The lowest BCUT2D eigenvalue weighted by atomic mass is 10.1. The summed E-state index contributed by atoms with van der Waals surface area (Å²) >= 11 is 0. The molecule has 23 heavy (non-hydrogen) atoms. The summed E-state index contributed by atoms with van der Waals surface area (Å²) in [6, 6.07) is 7.18. The van der Waals surface area contributed by atoms with Gasteiger partial charge in [0.15, 0.2) is 11.5 Å². The smallest absolute Gasteiger partial charge is 0.161 e. The average Bonchev–Trinajstić information content (AvgIpc) is 2.88. The number of nitrogens with zero attached hydrogens (tertiary/aromatic N) is 2. The Balaban J connectivity index is 1.69. The zero-order chi connectivity index (χ0) is 16.4. The molecule has 3 atom stereocenters. The maximum Gasteiger partial charge on any atom is 0.161 e. The van der Waals surface area contributed by atoms with E-state index in [9.17, 15) is 5.11 Å². The number of hydrogen-bond donors (Lipinski definition) is 1. The van der Waals surface area contributed by atoms with E-state index in [0.29, 0.717) is 18.7 Å². The largest absolute Gasteiger partial charge is 0.493 e. The molecule has 0 radical (unpaired) electrons. The molecule has 5 nitrogen and oxygen atoms in total. The number of piperazine rings is 1. The lowest BCUT2D eigenvalue weighted by Gasteiger charge is -2.42. The highest BCUT2D eigenvalue weighted by atomic mass is 16.5. The molecule has 3 rings (SSSR count). The van der Waals surface area contributed by atoms with Gasteiger partial charge in [0.05, 0.1) is 19.8 Å². The molecule has 2 fully saturated rings. The van der Waals surface area contributed by atoms with E-state index >= 15 is 0 Å². The van der Waals surface area contributed by atoms with Crippen molar-refractivity contribution in [2.24, 2.45) is 0 Å². The van der Waals surface area contributed by atoms with Crippen molar-refractivity contribution in [3.8, 4) is 11.5 Å². The average molecular weight is 320 g/mol. The van der Waals surface area contributed by atoms with Crippen molar-refractivity contribution >= 4 is 0 Å². The summed E-state index contributed by atoms with van der Waals surface area (Å²) in [5.41, 5.74) is 1.24. The van der Waals surface area contributed by atoms with E-state index in [4.69, 9.17) is 9.47 Å². The lowest BCUT2D eigenvalue weighted by molar-refractivity contribution is 0.0528. The highest BCUT2D eigenvalue weighted by Gasteiger charge is 2.37. The quantitative estimate of drug-likeness (QED) is 0.895. The zero-order valence-electron chi connectivity index (χ0n) is 14.4. The minimum Gasteiger partial charge on any atom is -0.493 e. The van der Waals surface area contributed by atoms with Gasteiger partial charge in [0.25, 0.3) is 0 Å². The zero-order valence-corrected chi connectivity index (χ0v) is 14.4. The summed E-state index contributed by atoms with van der Waals surface area (Å²) in [5, 5.41) is 9.88. The molecule has 128 valence electrons. The van der Waals surface area contributed by atoms with E-state index < -0.39 is 0 Å². The van der Waals surface area contributed by atoms with Crippen molar-refractivity contribution in [1.29, 1.82) is 0 Å². The van der Waals surface area contributed by atoms with Gasteiger partial charge in [-0.2, -0.15) is 0 Å². The van der Waals surface area contributed by atoms with Crippen molar-refractivity contribution in [2.75, 3.05) is 33.4 Å². The predicted octanol–water partition coefficient (Wildman–Crippen LogP) is 1.73. The Kier molecular flexibility index (Phi) is 5.09. The Morgan fingerprint density at radius 2 is 2.04 bits per heavy atom. The van der Waals surface area contributed by atoms with Crippen LogP contribution in [0.4, 0.5) is 0 Å². The lowest BCUT2D eigenvalue weighted by Crippen LogP contribution is -2.54. The third kappa shape index (κ3) is 3.62. The molecule has 0 amide bonds. The molecule has 1 N–H and O–H groups in total. The van der Waals surface area contributed by atoms with E-state index in [2.05, 4.69) is 28.9 Å². The third-order valence-electron chi connectivity index (χ3n) is 4.99. The van der Waals surface area contributed by atoms with Gasteiger partial charge >= 0.3 is 0 Å². The van der Waals surface area contributed by atoms with Gasteiger partial charge in [-0.3, -0.25) is 9.80 Å². The molecule has 0 aromatic heterocycles. The summed E-state index contributed by atoms with van der Waals surface area (Å²) < 4.78 is 11.0. The van der Waals surface area contributed by atoms with Gasteiger partial charge in [-0.25, -0.2) is 0 Å². The molecule has 1 aromatic rings. The summed E-state index contributed by atoms with van der Waals surface area (Å²) in [6.07, 6.45) is 0.744. The van der Waals surface area contributed by atoms with E-state index in [-0.39, 0.29) is 6.10 Å². The molecular formula is C18H28N2O3. The van der Waals surface area contributed by atoms with Gasteiger partial charge in [-0.15, -0.1) is 0 Å². The van der Waals surface area contributed by atoms with E-state index in [0.717, 1.165) is 44.1 Å². The standard InChI is InChI=1S/C18H28N2O3/c1-4-23-17-6-5-14(7-18(17)22-3)10-19-11-15-8-16(21)12-20(15)9-13(19)2/h5-7,13,15-16,21H,4,8-12H2,1-3H3/t13-,15+,16+/m0/s1. The molecular weight excluding hydrogens is 292 g/mol. The first-order chi connectivity index (χ1) is 11.1. The first-order valence-electron chi connectivity index (χ1n) is 8.56. The molecule has 0 saturated carbocycles. The predicted molar refractivity (Wildman–Crippen MR) is 90.0 cm³/mol. The molecule has 2 aliphatic rings. The van der Waals surface area contributed by atoms with Crippen molar-refractivity contribution in [1.82, 2.24) is 9.80 Å². The SMILES string of the molecule is CCOc1ccc(CN2C[C@H]3C[C@@H](O)CN3C[C@@H]2C)cc1OC. The summed E-state index contributed by atoms with van der Waals surface area (Å²) in [4.78, 5) is 4.94. The second kappa shape index (κ2) is 7.07. The fourth-order valence-electron chi connectivity index (χ4n) is 3.82. The monoisotopic (exact) mass is 320 g/mol. The van der Waals surface area contributed by atoms with Gasteiger partial charge < -0.3 is 14.6 Å². The minimum absolute atomic E-state index is 0.155. The van der Waals surface area contributed by atoms with Crippen LogP contribution < -0.4 is 9.47 Å². The van der Waals surface area contributed by atoms with E-state index in [1.54, 1.807) is 7.11 Å². The second-order valence-electron chi connectivity index (χ2n) is 6.69. The molecule has 0 unspecified atom stereocenters. The Hall–Kier alpha value is -1.30. The Morgan fingerprint density at radius 3 is 2.78 bits per heavy atom.